The van der Waals surface area contributed by atoms with Gasteiger partial charge in [-0.25, -0.2) is 8.78 Å². The fourth-order valence-corrected chi connectivity index (χ4v) is 2.47. The Morgan fingerprint density at radius 3 is 2.59 bits per heavy atom. The van der Waals surface area contributed by atoms with E-state index in [1.807, 2.05) is 0 Å². The molecule has 1 aliphatic carbocycles. The van der Waals surface area contributed by atoms with E-state index in [1.54, 1.807) is 0 Å². The highest BCUT2D eigenvalue weighted by molar-refractivity contribution is 5.94. The summed E-state index contributed by atoms with van der Waals surface area (Å²) < 4.78 is 32.3. The molecule has 0 spiro atoms. The Morgan fingerprint density at radius 2 is 2.00 bits per heavy atom. The van der Waals surface area contributed by atoms with E-state index >= 15 is 0 Å². The summed E-state index contributed by atoms with van der Waals surface area (Å²) >= 11 is 0. The molecule has 0 radical (unpaired) electrons. The third-order valence-corrected chi connectivity index (χ3v) is 3.61. The smallest absolute Gasteiger partial charge is 0.251 e. The summed E-state index contributed by atoms with van der Waals surface area (Å²) in [5, 5.41) is 12.4. The topological polar surface area (TPSA) is 58.6 Å². The highest BCUT2D eigenvalue weighted by Crippen LogP contribution is 2.24. The zero-order valence-corrected chi connectivity index (χ0v) is 11.9. The van der Waals surface area contributed by atoms with Crippen LogP contribution in [0.15, 0.2) is 12.1 Å². The van der Waals surface area contributed by atoms with Crippen LogP contribution in [-0.2, 0) is 0 Å². The van der Waals surface area contributed by atoms with Gasteiger partial charge in [0.1, 0.15) is 6.61 Å². The molecular formula is C16H17F2NO3. The highest BCUT2D eigenvalue weighted by atomic mass is 19.1. The van der Waals surface area contributed by atoms with Gasteiger partial charge in [0.2, 0.25) is 0 Å². The van der Waals surface area contributed by atoms with Crippen LogP contribution in [0, 0.1) is 24.0 Å². The fourth-order valence-electron chi connectivity index (χ4n) is 2.47. The molecule has 2 unspecified atom stereocenters. The first-order valence-corrected chi connectivity index (χ1v) is 7.07. The number of amides is 1. The minimum Gasteiger partial charge on any atom is -0.475 e. The van der Waals surface area contributed by atoms with E-state index in [2.05, 4.69) is 11.2 Å². The SMILES string of the molecule is C#CCOc1c(F)cc(C(=O)NC2CCCCC2O)cc1F. The van der Waals surface area contributed by atoms with E-state index in [-0.39, 0.29) is 12.2 Å². The van der Waals surface area contributed by atoms with Crippen molar-refractivity contribution in [2.24, 2.45) is 0 Å². The normalized spacial score (nSPS) is 21.0. The second-order valence-corrected chi connectivity index (χ2v) is 5.19. The van der Waals surface area contributed by atoms with Gasteiger partial charge in [-0.05, 0) is 25.0 Å². The molecule has 1 amide bonds. The molecule has 0 saturated heterocycles. The van der Waals surface area contributed by atoms with Crippen LogP contribution >= 0.6 is 0 Å². The predicted molar refractivity (Wildman–Crippen MR) is 76.4 cm³/mol. The van der Waals surface area contributed by atoms with Gasteiger partial charge in [-0.3, -0.25) is 4.79 Å². The Kier molecular flexibility index (Phi) is 5.34. The molecule has 22 heavy (non-hydrogen) atoms. The molecule has 2 rings (SSSR count). The first-order valence-electron chi connectivity index (χ1n) is 7.07. The van der Waals surface area contributed by atoms with Gasteiger partial charge in [-0.1, -0.05) is 18.8 Å². The van der Waals surface area contributed by atoms with Gasteiger partial charge in [0.25, 0.3) is 5.91 Å². The molecule has 1 aromatic rings. The number of carbonyl (C=O) groups excluding carboxylic acids is 1. The lowest BCUT2D eigenvalue weighted by Crippen LogP contribution is -2.45. The zero-order chi connectivity index (χ0) is 16.1. The van der Waals surface area contributed by atoms with Gasteiger partial charge in [0.15, 0.2) is 17.4 Å². The average molecular weight is 309 g/mol. The number of terminal acetylenes is 1. The zero-order valence-electron chi connectivity index (χ0n) is 11.9. The van der Waals surface area contributed by atoms with Gasteiger partial charge in [-0.15, -0.1) is 6.42 Å². The number of aliphatic hydroxyl groups is 1. The Labute approximate surface area is 127 Å². The summed E-state index contributed by atoms with van der Waals surface area (Å²) in [6, 6.07) is 1.38. The summed E-state index contributed by atoms with van der Waals surface area (Å²) in [5.74, 6) is -1.12. The maximum atomic E-state index is 13.8. The number of hydrogen-bond acceptors (Lipinski definition) is 3. The third kappa shape index (κ3) is 3.74. The molecule has 0 bridgehead atoms. The minimum absolute atomic E-state index is 0.166. The van der Waals surface area contributed by atoms with Crippen molar-refractivity contribution >= 4 is 5.91 Å². The molecule has 2 atom stereocenters. The summed E-state index contributed by atoms with van der Waals surface area (Å²) in [7, 11) is 0. The van der Waals surface area contributed by atoms with Crippen LogP contribution in [0.1, 0.15) is 36.0 Å². The lowest BCUT2D eigenvalue weighted by Gasteiger charge is -2.28. The van der Waals surface area contributed by atoms with E-state index in [9.17, 15) is 18.7 Å². The second-order valence-electron chi connectivity index (χ2n) is 5.19. The van der Waals surface area contributed by atoms with E-state index in [0.29, 0.717) is 12.8 Å². The Balaban J connectivity index is 2.11. The highest BCUT2D eigenvalue weighted by Gasteiger charge is 2.25. The Bertz CT molecular complexity index is 575. The lowest BCUT2D eigenvalue weighted by molar-refractivity contribution is 0.0716. The molecule has 6 heteroatoms. The number of aliphatic hydroxyl groups excluding tert-OH is 1. The Hall–Kier alpha value is -2.13. The number of rotatable bonds is 4. The molecule has 1 aliphatic rings. The van der Waals surface area contributed by atoms with Crippen LogP contribution in [0.3, 0.4) is 0 Å². The van der Waals surface area contributed by atoms with Crippen LogP contribution in [-0.4, -0.2) is 29.8 Å². The first-order chi connectivity index (χ1) is 10.5. The molecule has 2 N–H and O–H groups in total. The van der Waals surface area contributed by atoms with Crippen molar-refractivity contribution in [3.63, 3.8) is 0 Å². The van der Waals surface area contributed by atoms with Crippen LogP contribution in [0.2, 0.25) is 0 Å². The molecule has 1 fully saturated rings. The van der Waals surface area contributed by atoms with Gasteiger partial charge < -0.3 is 15.2 Å². The number of halogens is 2. The second kappa shape index (κ2) is 7.23. The monoisotopic (exact) mass is 309 g/mol. The molecule has 0 heterocycles. The Morgan fingerprint density at radius 1 is 1.36 bits per heavy atom. The van der Waals surface area contributed by atoms with Crippen molar-refractivity contribution in [3.8, 4) is 18.1 Å². The number of ether oxygens (including phenoxy) is 1. The summed E-state index contributed by atoms with van der Waals surface area (Å²) in [6.45, 7) is -0.270. The van der Waals surface area contributed by atoms with E-state index in [4.69, 9.17) is 11.2 Å². The fraction of sp³-hybridized carbons (Fsp3) is 0.438. The van der Waals surface area contributed by atoms with Crippen molar-refractivity contribution in [2.45, 2.75) is 37.8 Å². The largest absolute Gasteiger partial charge is 0.475 e. The van der Waals surface area contributed by atoms with Gasteiger partial charge in [-0.2, -0.15) is 0 Å². The van der Waals surface area contributed by atoms with E-state index < -0.39 is 35.4 Å². The van der Waals surface area contributed by atoms with Crippen molar-refractivity contribution in [1.29, 1.82) is 0 Å². The quantitative estimate of drug-likeness (QED) is 0.837. The van der Waals surface area contributed by atoms with Crippen LogP contribution in [0.25, 0.3) is 0 Å². The summed E-state index contributed by atoms with van der Waals surface area (Å²) in [6.07, 6.45) is 7.37. The lowest BCUT2D eigenvalue weighted by atomic mass is 9.92. The van der Waals surface area contributed by atoms with Gasteiger partial charge >= 0.3 is 0 Å². The van der Waals surface area contributed by atoms with Gasteiger partial charge in [0.05, 0.1) is 12.1 Å². The van der Waals surface area contributed by atoms with Crippen molar-refractivity contribution in [1.82, 2.24) is 5.32 Å². The van der Waals surface area contributed by atoms with Gasteiger partial charge in [0, 0.05) is 5.56 Å². The van der Waals surface area contributed by atoms with Crippen molar-refractivity contribution in [3.05, 3.63) is 29.3 Å². The van der Waals surface area contributed by atoms with Crippen molar-refractivity contribution < 1.29 is 23.4 Å². The first kappa shape index (κ1) is 16.2. The average Bonchev–Trinajstić information content (AvgIpc) is 2.48. The van der Waals surface area contributed by atoms with Crippen LogP contribution in [0.5, 0.6) is 5.75 Å². The standard InChI is InChI=1S/C16H17F2NO3/c1-2-7-22-15-11(17)8-10(9-12(15)18)16(21)19-13-5-3-4-6-14(13)20/h1,8-9,13-14,20H,3-7H2,(H,19,21). The number of carbonyl (C=O) groups is 1. The molecule has 1 saturated carbocycles. The number of hydrogen-bond donors (Lipinski definition) is 2. The van der Waals surface area contributed by atoms with Crippen LogP contribution < -0.4 is 10.1 Å². The maximum absolute atomic E-state index is 13.8. The molecule has 1 aromatic carbocycles. The predicted octanol–water partition coefficient (Wildman–Crippen LogP) is 2.01. The maximum Gasteiger partial charge on any atom is 0.251 e. The van der Waals surface area contributed by atoms with E-state index in [0.717, 1.165) is 25.0 Å². The summed E-state index contributed by atoms with van der Waals surface area (Å²) in [5.41, 5.74) is -0.166. The number of benzene rings is 1. The molecule has 0 aliphatic heterocycles. The molecule has 118 valence electrons. The van der Waals surface area contributed by atoms with Crippen LogP contribution in [0.4, 0.5) is 8.78 Å². The third-order valence-electron chi connectivity index (χ3n) is 3.61. The minimum atomic E-state index is -0.996. The summed E-state index contributed by atoms with van der Waals surface area (Å²) in [4.78, 5) is 12.1. The van der Waals surface area contributed by atoms with Crippen molar-refractivity contribution in [2.75, 3.05) is 6.61 Å². The number of nitrogens with one attached hydrogen (secondary N) is 1. The molecular weight excluding hydrogens is 292 g/mol. The molecule has 4 nitrogen and oxygen atoms in total. The molecule has 0 aromatic heterocycles. The van der Waals surface area contributed by atoms with E-state index in [1.165, 1.54) is 0 Å².